The largest absolute Gasteiger partial charge is 0.478 e. The molecule has 0 aromatic carbocycles. The SMILES string of the molecule is CCC(C)C(C)Nc1ncc(F)cc1C(=O)O. The number of aromatic carboxylic acids is 1. The van der Waals surface area contributed by atoms with Crippen molar-refractivity contribution < 1.29 is 14.3 Å². The predicted molar refractivity (Wildman–Crippen MR) is 63.7 cm³/mol. The van der Waals surface area contributed by atoms with Crippen LogP contribution in [0.4, 0.5) is 10.2 Å². The quantitative estimate of drug-likeness (QED) is 0.830. The van der Waals surface area contributed by atoms with Gasteiger partial charge in [-0.25, -0.2) is 14.2 Å². The Balaban J connectivity index is 2.94. The third-order valence-electron chi connectivity index (χ3n) is 2.95. The van der Waals surface area contributed by atoms with Crippen molar-refractivity contribution in [1.29, 1.82) is 0 Å². The van der Waals surface area contributed by atoms with E-state index in [-0.39, 0.29) is 17.4 Å². The Morgan fingerprint density at radius 1 is 1.59 bits per heavy atom. The van der Waals surface area contributed by atoms with Crippen LogP contribution in [0.5, 0.6) is 0 Å². The first-order valence-corrected chi connectivity index (χ1v) is 5.61. The van der Waals surface area contributed by atoms with E-state index in [4.69, 9.17) is 5.11 Å². The van der Waals surface area contributed by atoms with Crippen molar-refractivity contribution in [2.75, 3.05) is 5.32 Å². The Morgan fingerprint density at radius 2 is 2.24 bits per heavy atom. The minimum absolute atomic E-state index is 0.0797. The number of nitrogens with one attached hydrogen (secondary N) is 1. The lowest BCUT2D eigenvalue weighted by atomic mass is 10.0. The molecule has 5 heteroatoms. The maximum absolute atomic E-state index is 12.9. The number of pyridine rings is 1. The summed E-state index contributed by atoms with van der Waals surface area (Å²) >= 11 is 0. The van der Waals surface area contributed by atoms with Gasteiger partial charge in [0.05, 0.1) is 6.20 Å². The lowest BCUT2D eigenvalue weighted by Gasteiger charge is -2.21. The van der Waals surface area contributed by atoms with Crippen LogP contribution in [0.25, 0.3) is 0 Å². The van der Waals surface area contributed by atoms with Gasteiger partial charge in [0.1, 0.15) is 17.2 Å². The lowest BCUT2D eigenvalue weighted by Crippen LogP contribution is -2.25. The van der Waals surface area contributed by atoms with E-state index in [9.17, 15) is 9.18 Å². The smallest absolute Gasteiger partial charge is 0.339 e. The fraction of sp³-hybridized carbons (Fsp3) is 0.500. The van der Waals surface area contributed by atoms with E-state index in [1.165, 1.54) is 0 Å². The number of nitrogens with zero attached hydrogens (tertiary/aromatic N) is 1. The summed E-state index contributed by atoms with van der Waals surface area (Å²) in [6, 6.07) is 1.05. The Morgan fingerprint density at radius 3 is 2.76 bits per heavy atom. The highest BCUT2D eigenvalue weighted by atomic mass is 19.1. The second-order valence-corrected chi connectivity index (χ2v) is 4.17. The zero-order chi connectivity index (χ0) is 13.0. The van der Waals surface area contributed by atoms with E-state index in [1.54, 1.807) is 0 Å². The molecule has 2 N–H and O–H groups in total. The molecule has 0 aliphatic rings. The van der Waals surface area contributed by atoms with Crippen molar-refractivity contribution in [1.82, 2.24) is 4.98 Å². The van der Waals surface area contributed by atoms with E-state index in [1.807, 2.05) is 6.92 Å². The summed E-state index contributed by atoms with van der Waals surface area (Å²) in [5.74, 6) is -1.24. The lowest BCUT2D eigenvalue weighted by molar-refractivity contribution is 0.0697. The van der Waals surface area contributed by atoms with Crippen molar-refractivity contribution in [3.05, 3.63) is 23.6 Å². The minimum atomic E-state index is -1.18. The molecular formula is C12H17FN2O2. The van der Waals surface area contributed by atoms with Crippen molar-refractivity contribution in [2.45, 2.75) is 33.2 Å². The number of aromatic nitrogens is 1. The average Bonchev–Trinajstić information content (AvgIpc) is 2.29. The van der Waals surface area contributed by atoms with Crippen molar-refractivity contribution in [2.24, 2.45) is 5.92 Å². The van der Waals surface area contributed by atoms with Crippen LogP contribution in [0.2, 0.25) is 0 Å². The number of anilines is 1. The van der Waals surface area contributed by atoms with Crippen LogP contribution in [0.15, 0.2) is 12.3 Å². The van der Waals surface area contributed by atoms with Gasteiger partial charge in [0, 0.05) is 6.04 Å². The Labute approximate surface area is 99.9 Å². The van der Waals surface area contributed by atoms with Crippen LogP contribution in [-0.2, 0) is 0 Å². The fourth-order valence-corrected chi connectivity index (χ4v) is 1.43. The van der Waals surface area contributed by atoms with Crippen molar-refractivity contribution >= 4 is 11.8 Å². The number of halogens is 1. The molecule has 17 heavy (non-hydrogen) atoms. The Hall–Kier alpha value is -1.65. The number of rotatable bonds is 5. The molecule has 0 aliphatic carbocycles. The van der Waals surface area contributed by atoms with Gasteiger partial charge < -0.3 is 10.4 Å². The summed E-state index contributed by atoms with van der Waals surface area (Å²) < 4.78 is 12.9. The molecule has 0 spiro atoms. The Kier molecular flexibility index (Phi) is 4.43. The summed E-state index contributed by atoms with van der Waals surface area (Å²) in [4.78, 5) is 14.7. The topological polar surface area (TPSA) is 62.2 Å². The molecule has 0 bridgehead atoms. The second-order valence-electron chi connectivity index (χ2n) is 4.17. The van der Waals surface area contributed by atoms with E-state index in [0.29, 0.717) is 5.92 Å². The minimum Gasteiger partial charge on any atom is -0.478 e. The first-order valence-electron chi connectivity index (χ1n) is 5.61. The van der Waals surface area contributed by atoms with Crippen molar-refractivity contribution in [3.63, 3.8) is 0 Å². The summed E-state index contributed by atoms with van der Waals surface area (Å²) in [5.41, 5.74) is -0.139. The van der Waals surface area contributed by atoms with Crippen LogP contribution in [-0.4, -0.2) is 22.1 Å². The molecule has 94 valence electrons. The third-order valence-corrected chi connectivity index (χ3v) is 2.95. The first kappa shape index (κ1) is 13.4. The summed E-state index contributed by atoms with van der Waals surface area (Å²) in [5, 5.41) is 12.0. The highest BCUT2D eigenvalue weighted by Crippen LogP contribution is 2.18. The van der Waals surface area contributed by atoms with Gasteiger partial charge in [-0.05, 0) is 18.9 Å². The second kappa shape index (κ2) is 5.61. The number of carbonyl (C=O) groups is 1. The zero-order valence-electron chi connectivity index (χ0n) is 10.2. The molecule has 1 aromatic heterocycles. The number of carboxylic acids is 1. The van der Waals surface area contributed by atoms with Gasteiger partial charge in [0.2, 0.25) is 0 Å². The molecule has 0 radical (unpaired) electrons. The molecule has 1 rings (SSSR count). The van der Waals surface area contributed by atoms with Crippen LogP contribution in [0, 0.1) is 11.7 Å². The van der Waals surface area contributed by atoms with Gasteiger partial charge in [0.15, 0.2) is 0 Å². The van der Waals surface area contributed by atoms with E-state index in [2.05, 4.69) is 24.1 Å². The van der Waals surface area contributed by atoms with Gasteiger partial charge in [-0.2, -0.15) is 0 Å². The molecule has 2 atom stereocenters. The van der Waals surface area contributed by atoms with E-state index < -0.39 is 11.8 Å². The molecule has 0 aliphatic heterocycles. The summed E-state index contributed by atoms with van der Waals surface area (Å²) in [6.45, 7) is 6.06. The summed E-state index contributed by atoms with van der Waals surface area (Å²) in [7, 11) is 0. The van der Waals surface area contributed by atoms with Crippen LogP contribution >= 0.6 is 0 Å². The van der Waals surface area contributed by atoms with Gasteiger partial charge in [-0.1, -0.05) is 20.3 Å². The molecule has 2 unspecified atom stereocenters. The molecule has 4 nitrogen and oxygen atoms in total. The number of hydrogen-bond donors (Lipinski definition) is 2. The van der Waals surface area contributed by atoms with Gasteiger partial charge in [-0.3, -0.25) is 0 Å². The number of carboxylic acid groups (broad SMARTS) is 1. The molecule has 0 saturated carbocycles. The first-order chi connectivity index (χ1) is 7.95. The molecule has 1 heterocycles. The van der Waals surface area contributed by atoms with Crippen LogP contribution in [0.3, 0.4) is 0 Å². The average molecular weight is 240 g/mol. The monoisotopic (exact) mass is 240 g/mol. The zero-order valence-corrected chi connectivity index (χ0v) is 10.2. The molecule has 0 amide bonds. The number of hydrogen-bond acceptors (Lipinski definition) is 3. The molecule has 1 aromatic rings. The van der Waals surface area contributed by atoms with E-state index >= 15 is 0 Å². The predicted octanol–water partition coefficient (Wildman–Crippen LogP) is 2.77. The van der Waals surface area contributed by atoms with Gasteiger partial charge >= 0.3 is 5.97 Å². The van der Waals surface area contributed by atoms with Crippen LogP contribution in [0.1, 0.15) is 37.6 Å². The highest BCUT2D eigenvalue weighted by Gasteiger charge is 2.17. The van der Waals surface area contributed by atoms with Crippen LogP contribution < -0.4 is 5.32 Å². The maximum Gasteiger partial charge on any atom is 0.339 e. The van der Waals surface area contributed by atoms with Crippen molar-refractivity contribution in [3.8, 4) is 0 Å². The fourth-order valence-electron chi connectivity index (χ4n) is 1.43. The van der Waals surface area contributed by atoms with Gasteiger partial charge in [0.25, 0.3) is 0 Å². The van der Waals surface area contributed by atoms with Gasteiger partial charge in [-0.15, -0.1) is 0 Å². The normalized spacial score (nSPS) is 14.1. The van der Waals surface area contributed by atoms with E-state index in [0.717, 1.165) is 18.7 Å². The highest BCUT2D eigenvalue weighted by molar-refractivity contribution is 5.93. The maximum atomic E-state index is 12.9. The molecular weight excluding hydrogens is 223 g/mol. The summed E-state index contributed by atoms with van der Waals surface area (Å²) in [6.07, 6.45) is 1.98. The standard InChI is InChI=1S/C12H17FN2O2/c1-4-7(2)8(3)15-11-10(12(16)17)5-9(13)6-14-11/h5-8H,4H2,1-3H3,(H,14,15)(H,16,17). The Bertz CT molecular complexity index is 409. The molecule has 0 fully saturated rings. The molecule has 0 saturated heterocycles. The third kappa shape index (κ3) is 3.41.